The van der Waals surface area contributed by atoms with Crippen LogP contribution < -0.4 is 10.6 Å². The number of amides is 1. The Morgan fingerprint density at radius 3 is 3.00 bits per heavy atom. The van der Waals surface area contributed by atoms with Gasteiger partial charge in [-0.3, -0.25) is 23.8 Å². The van der Waals surface area contributed by atoms with E-state index in [0.29, 0.717) is 5.69 Å². The van der Waals surface area contributed by atoms with Crippen molar-refractivity contribution in [2.75, 3.05) is 30.3 Å². The molecule has 1 saturated heterocycles. The SMILES string of the molecule is Cc1cn2c(-c3cnn(CC(=O)Nc4ccncc4O)c3)cnc2c(NC2CC(CN3CCCC(C)C3)=NS2)n1. The molecule has 40 heavy (non-hydrogen) atoms. The van der Waals surface area contributed by atoms with Crippen LogP contribution in [0.1, 0.15) is 31.9 Å². The molecule has 13 heteroatoms. The number of aromatic nitrogens is 6. The Balaban J connectivity index is 1.13. The van der Waals surface area contributed by atoms with Gasteiger partial charge in [0.2, 0.25) is 5.91 Å². The van der Waals surface area contributed by atoms with Gasteiger partial charge in [0.05, 0.1) is 35.7 Å². The van der Waals surface area contributed by atoms with Crippen molar-refractivity contribution in [3.8, 4) is 17.0 Å². The maximum Gasteiger partial charge on any atom is 0.246 e. The third kappa shape index (κ3) is 5.80. The first-order valence-electron chi connectivity index (χ1n) is 13.4. The molecule has 0 bridgehead atoms. The lowest BCUT2D eigenvalue weighted by Gasteiger charge is -2.30. The number of aromatic hydroxyl groups is 1. The van der Waals surface area contributed by atoms with E-state index in [-0.39, 0.29) is 23.6 Å². The van der Waals surface area contributed by atoms with Crippen LogP contribution in [0.3, 0.4) is 0 Å². The van der Waals surface area contributed by atoms with Crippen molar-refractivity contribution in [3.63, 3.8) is 0 Å². The Labute approximate surface area is 236 Å². The fourth-order valence-electron chi connectivity index (χ4n) is 5.27. The van der Waals surface area contributed by atoms with Crippen LogP contribution in [-0.2, 0) is 11.3 Å². The summed E-state index contributed by atoms with van der Waals surface area (Å²) >= 11 is 1.57. The van der Waals surface area contributed by atoms with Gasteiger partial charge >= 0.3 is 0 Å². The Hall–Kier alpha value is -3.97. The third-order valence-corrected chi connectivity index (χ3v) is 8.00. The Kier molecular flexibility index (Phi) is 7.39. The molecule has 4 aromatic heterocycles. The second-order valence-corrected chi connectivity index (χ2v) is 11.5. The number of carbonyl (C=O) groups excluding carboxylic acids is 1. The standard InChI is InChI=1S/C27H32N10O2S/c1-17-4-3-7-35(12-17)15-20-8-25(40-34-20)33-26-27-29-10-22(37(27)13-18(2)31-26)19-9-30-36(14-19)16-24(39)32-21-5-6-28-11-23(21)38/h5-6,9-11,13-14,17,25,38H,3-4,7-8,12,15-16H2,1-2H3,(H,31,33)(H,28,32,39). The van der Waals surface area contributed by atoms with E-state index in [0.717, 1.165) is 60.4 Å². The van der Waals surface area contributed by atoms with E-state index in [9.17, 15) is 9.90 Å². The maximum absolute atomic E-state index is 12.5. The van der Waals surface area contributed by atoms with Gasteiger partial charge in [0.15, 0.2) is 17.2 Å². The van der Waals surface area contributed by atoms with E-state index in [1.807, 2.05) is 17.5 Å². The second kappa shape index (κ2) is 11.3. The smallest absolute Gasteiger partial charge is 0.246 e. The molecule has 0 radical (unpaired) electrons. The van der Waals surface area contributed by atoms with E-state index >= 15 is 0 Å². The zero-order chi connectivity index (χ0) is 27.6. The van der Waals surface area contributed by atoms with Gasteiger partial charge in [-0.1, -0.05) is 6.92 Å². The number of nitrogens with one attached hydrogen (secondary N) is 2. The monoisotopic (exact) mass is 560 g/mol. The highest BCUT2D eigenvalue weighted by molar-refractivity contribution is 7.99. The normalized spacial score (nSPS) is 19.6. The highest BCUT2D eigenvalue weighted by atomic mass is 32.2. The number of nitrogens with zero attached hydrogens (tertiary/aromatic N) is 8. The van der Waals surface area contributed by atoms with Gasteiger partial charge in [0, 0.05) is 49.4 Å². The van der Waals surface area contributed by atoms with E-state index < -0.39 is 0 Å². The van der Waals surface area contributed by atoms with Crippen LogP contribution in [-0.4, -0.2) is 75.8 Å². The minimum Gasteiger partial charge on any atom is -0.504 e. The van der Waals surface area contributed by atoms with Crippen LogP contribution in [0.4, 0.5) is 11.5 Å². The first kappa shape index (κ1) is 26.3. The molecule has 1 amide bonds. The summed E-state index contributed by atoms with van der Waals surface area (Å²) in [7, 11) is 0. The number of fused-ring (bicyclic) bond motifs is 1. The molecular formula is C27H32N10O2S. The van der Waals surface area contributed by atoms with Crippen LogP contribution >= 0.6 is 11.9 Å². The summed E-state index contributed by atoms with van der Waals surface area (Å²) in [4.78, 5) is 28.2. The molecule has 208 valence electrons. The van der Waals surface area contributed by atoms with Crippen molar-refractivity contribution < 1.29 is 9.90 Å². The summed E-state index contributed by atoms with van der Waals surface area (Å²) < 4.78 is 8.30. The molecule has 0 saturated carbocycles. The van der Waals surface area contributed by atoms with E-state index in [1.165, 1.54) is 37.0 Å². The molecule has 0 spiro atoms. The fourth-order valence-corrected chi connectivity index (χ4v) is 6.11. The summed E-state index contributed by atoms with van der Waals surface area (Å²) in [5.41, 5.74) is 4.76. The molecule has 2 aliphatic heterocycles. The van der Waals surface area contributed by atoms with E-state index in [2.05, 4.69) is 37.5 Å². The van der Waals surface area contributed by atoms with Gasteiger partial charge in [0.1, 0.15) is 11.9 Å². The predicted octanol–water partition coefficient (Wildman–Crippen LogP) is 3.60. The molecule has 2 unspecified atom stereocenters. The van der Waals surface area contributed by atoms with E-state index in [1.54, 1.807) is 35.2 Å². The third-order valence-electron chi connectivity index (χ3n) is 7.10. The highest BCUT2D eigenvalue weighted by Crippen LogP contribution is 2.30. The summed E-state index contributed by atoms with van der Waals surface area (Å²) in [6, 6.07) is 1.54. The van der Waals surface area contributed by atoms with Crippen molar-refractivity contribution in [1.82, 2.24) is 34.0 Å². The zero-order valence-corrected chi connectivity index (χ0v) is 23.3. The number of pyridine rings is 1. The molecule has 2 aliphatic rings. The van der Waals surface area contributed by atoms with Crippen LogP contribution in [0.15, 0.2) is 47.6 Å². The van der Waals surface area contributed by atoms with Gasteiger partial charge < -0.3 is 15.7 Å². The quantitative estimate of drug-likeness (QED) is 0.276. The van der Waals surface area contributed by atoms with Gasteiger partial charge in [-0.25, -0.2) is 14.4 Å². The molecule has 0 aromatic carbocycles. The largest absolute Gasteiger partial charge is 0.504 e. The second-order valence-electron chi connectivity index (χ2n) is 10.5. The van der Waals surface area contributed by atoms with Crippen molar-refractivity contribution in [2.45, 2.75) is 45.0 Å². The highest BCUT2D eigenvalue weighted by Gasteiger charge is 2.25. The van der Waals surface area contributed by atoms with Crippen LogP contribution in [0, 0.1) is 12.8 Å². The number of hydrogen-bond acceptors (Lipinski definition) is 10. The summed E-state index contributed by atoms with van der Waals surface area (Å²) in [6.07, 6.45) is 13.5. The average molecular weight is 561 g/mol. The molecule has 6 rings (SSSR count). The topological polar surface area (TPSA) is 138 Å². The molecule has 0 aliphatic carbocycles. The number of piperidine rings is 1. The molecule has 1 fully saturated rings. The minimum atomic E-state index is -0.314. The van der Waals surface area contributed by atoms with Crippen LogP contribution in [0.5, 0.6) is 5.75 Å². The maximum atomic E-state index is 12.5. The lowest BCUT2D eigenvalue weighted by Crippen LogP contribution is -2.38. The Bertz CT molecular complexity index is 1560. The van der Waals surface area contributed by atoms with Gasteiger partial charge in [-0.05, 0) is 50.2 Å². The molecule has 3 N–H and O–H groups in total. The summed E-state index contributed by atoms with van der Waals surface area (Å²) in [6.45, 7) is 7.51. The van der Waals surface area contributed by atoms with Crippen molar-refractivity contribution in [3.05, 3.63) is 48.9 Å². The van der Waals surface area contributed by atoms with E-state index in [4.69, 9.17) is 9.38 Å². The molecule has 6 heterocycles. The average Bonchev–Trinajstić information content (AvgIpc) is 3.66. The van der Waals surface area contributed by atoms with Gasteiger partial charge in [-0.2, -0.15) is 5.10 Å². The predicted molar refractivity (Wildman–Crippen MR) is 155 cm³/mol. The van der Waals surface area contributed by atoms with Gasteiger partial charge in [0.25, 0.3) is 0 Å². The first-order chi connectivity index (χ1) is 19.4. The van der Waals surface area contributed by atoms with Gasteiger partial charge in [-0.15, -0.1) is 0 Å². The lowest BCUT2D eigenvalue weighted by atomic mass is 10.00. The van der Waals surface area contributed by atoms with Crippen molar-refractivity contribution in [1.29, 1.82) is 0 Å². The number of rotatable bonds is 8. The molecular weight excluding hydrogens is 528 g/mol. The number of anilines is 2. The molecule has 12 nitrogen and oxygen atoms in total. The Morgan fingerprint density at radius 2 is 2.15 bits per heavy atom. The number of aryl methyl sites for hydroxylation is 1. The van der Waals surface area contributed by atoms with Crippen molar-refractivity contribution in [2.24, 2.45) is 10.3 Å². The number of imidazole rings is 1. The van der Waals surface area contributed by atoms with Crippen LogP contribution in [0.25, 0.3) is 16.9 Å². The summed E-state index contributed by atoms with van der Waals surface area (Å²) in [5.74, 6) is 1.07. The number of likely N-dealkylation sites (tertiary alicyclic amines) is 1. The summed E-state index contributed by atoms with van der Waals surface area (Å²) in [5, 5.41) is 20.5. The lowest BCUT2D eigenvalue weighted by molar-refractivity contribution is -0.116. The minimum absolute atomic E-state index is 0.0105. The number of carbonyl (C=O) groups is 1. The fraction of sp³-hybridized carbons (Fsp3) is 0.407. The zero-order valence-electron chi connectivity index (χ0n) is 22.5. The first-order valence-corrected chi connectivity index (χ1v) is 14.3. The molecule has 4 aromatic rings. The number of hydrogen-bond donors (Lipinski definition) is 3. The van der Waals surface area contributed by atoms with Crippen molar-refractivity contribution >= 4 is 40.7 Å². The van der Waals surface area contributed by atoms with Crippen LogP contribution in [0.2, 0.25) is 0 Å². The molecule has 2 atom stereocenters. The Morgan fingerprint density at radius 1 is 1.25 bits per heavy atom.